The van der Waals surface area contributed by atoms with Crippen LogP contribution in [0.4, 0.5) is 5.69 Å². The van der Waals surface area contributed by atoms with Crippen LogP contribution in [0.25, 0.3) is 0 Å². The third kappa shape index (κ3) is 3.03. The van der Waals surface area contributed by atoms with Crippen LogP contribution in [0, 0.1) is 0 Å². The highest BCUT2D eigenvalue weighted by atomic mass is 16.5. The maximum Gasteiger partial charge on any atom is 0.254 e. The van der Waals surface area contributed by atoms with Crippen LogP contribution in [0.3, 0.4) is 0 Å². The summed E-state index contributed by atoms with van der Waals surface area (Å²) in [5, 5.41) is 10.4. The van der Waals surface area contributed by atoms with Crippen molar-refractivity contribution in [2.24, 2.45) is 7.05 Å². The molecule has 0 aliphatic carbocycles. The summed E-state index contributed by atoms with van der Waals surface area (Å²) in [4.78, 5) is 25.8. The Morgan fingerprint density at radius 1 is 1.40 bits per heavy atom. The zero-order chi connectivity index (χ0) is 18.0. The summed E-state index contributed by atoms with van der Waals surface area (Å²) in [5.41, 5.74) is 1.27. The Kier molecular flexibility index (Phi) is 4.37. The van der Waals surface area contributed by atoms with E-state index in [0.717, 1.165) is 5.69 Å². The van der Waals surface area contributed by atoms with Gasteiger partial charge in [0.1, 0.15) is 5.60 Å². The smallest absolute Gasteiger partial charge is 0.254 e. The number of ether oxygens (including phenoxy) is 1. The van der Waals surface area contributed by atoms with E-state index in [1.54, 1.807) is 54.2 Å². The molecule has 2 aromatic rings. The lowest BCUT2D eigenvalue weighted by Gasteiger charge is -2.48. The number of nitrogens with zero attached hydrogens (tertiary/aromatic N) is 4. The summed E-state index contributed by atoms with van der Waals surface area (Å²) in [6.07, 6.45) is 2.83. The van der Waals surface area contributed by atoms with Gasteiger partial charge in [0.15, 0.2) is 0 Å². The Bertz CT molecular complexity index is 823. The van der Waals surface area contributed by atoms with Gasteiger partial charge in [-0.25, -0.2) is 4.68 Å². The zero-order valence-electron chi connectivity index (χ0n) is 14.1. The van der Waals surface area contributed by atoms with Crippen molar-refractivity contribution in [2.75, 3.05) is 25.5 Å². The number of nitrogens with one attached hydrogen (secondary N) is 1. The van der Waals surface area contributed by atoms with Crippen molar-refractivity contribution in [3.8, 4) is 0 Å². The molecule has 8 nitrogen and oxygen atoms in total. The van der Waals surface area contributed by atoms with Crippen molar-refractivity contribution in [2.45, 2.75) is 5.60 Å². The number of amides is 2. The number of aryl methyl sites for hydroxylation is 1. The predicted octanol–water partition coefficient (Wildman–Crippen LogP) is 0.937. The van der Waals surface area contributed by atoms with Gasteiger partial charge in [-0.1, -0.05) is 17.9 Å². The second kappa shape index (κ2) is 6.48. The zero-order valence-corrected chi connectivity index (χ0v) is 14.1. The van der Waals surface area contributed by atoms with Gasteiger partial charge in [-0.05, 0) is 24.3 Å². The highest BCUT2D eigenvalue weighted by Gasteiger charge is 2.49. The summed E-state index contributed by atoms with van der Waals surface area (Å²) in [7, 11) is 3.40. The first-order valence-corrected chi connectivity index (χ1v) is 7.72. The summed E-state index contributed by atoms with van der Waals surface area (Å²) in [5.74, 6) is -0.451. The quantitative estimate of drug-likeness (QED) is 0.818. The van der Waals surface area contributed by atoms with E-state index in [-0.39, 0.29) is 11.8 Å². The first-order valence-electron chi connectivity index (χ1n) is 7.72. The molecular weight excluding hydrogens is 322 g/mol. The minimum atomic E-state index is -0.595. The van der Waals surface area contributed by atoms with Crippen LogP contribution in [0.15, 0.2) is 43.1 Å². The van der Waals surface area contributed by atoms with Crippen molar-refractivity contribution >= 4 is 17.5 Å². The van der Waals surface area contributed by atoms with Crippen LogP contribution in [-0.4, -0.2) is 51.9 Å². The average Bonchev–Trinajstić information content (AvgIpc) is 3.01. The number of anilines is 1. The largest absolute Gasteiger partial charge is 0.368 e. The van der Waals surface area contributed by atoms with Gasteiger partial charge in [-0.3, -0.25) is 9.59 Å². The van der Waals surface area contributed by atoms with E-state index in [9.17, 15) is 9.59 Å². The molecule has 2 amide bonds. The third-order valence-electron chi connectivity index (χ3n) is 4.31. The normalized spacial score (nSPS) is 15.4. The lowest BCUT2D eigenvalue weighted by Crippen LogP contribution is -2.62. The van der Waals surface area contributed by atoms with E-state index < -0.39 is 5.60 Å². The molecule has 2 heterocycles. The van der Waals surface area contributed by atoms with Crippen molar-refractivity contribution in [3.63, 3.8) is 0 Å². The molecular formula is C17H19N5O3. The van der Waals surface area contributed by atoms with Crippen molar-refractivity contribution in [3.05, 3.63) is 54.4 Å². The van der Waals surface area contributed by atoms with Crippen LogP contribution in [0.1, 0.15) is 16.1 Å². The molecule has 1 aliphatic rings. The van der Waals surface area contributed by atoms with Gasteiger partial charge < -0.3 is 15.0 Å². The van der Waals surface area contributed by atoms with E-state index in [0.29, 0.717) is 24.3 Å². The number of rotatable bonds is 5. The highest BCUT2D eigenvalue weighted by molar-refractivity contribution is 6.01. The fourth-order valence-electron chi connectivity index (χ4n) is 2.92. The van der Waals surface area contributed by atoms with Crippen molar-refractivity contribution in [1.82, 2.24) is 19.9 Å². The van der Waals surface area contributed by atoms with E-state index in [2.05, 4.69) is 22.2 Å². The number of hydrogen-bond acceptors (Lipinski definition) is 5. The molecule has 0 atom stereocenters. The molecule has 1 N–H and O–H groups in total. The molecule has 8 heteroatoms. The number of carbonyl (C=O) groups excluding carboxylic acids is 2. The molecule has 0 bridgehead atoms. The summed E-state index contributed by atoms with van der Waals surface area (Å²) < 4.78 is 7.29. The van der Waals surface area contributed by atoms with Gasteiger partial charge in [-0.2, -0.15) is 0 Å². The number of benzene rings is 1. The van der Waals surface area contributed by atoms with Gasteiger partial charge in [0.05, 0.1) is 25.0 Å². The molecule has 0 unspecified atom stereocenters. The van der Waals surface area contributed by atoms with E-state index >= 15 is 0 Å². The summed E-state index contributed by atoms with van der Waals surface area (Å²) in [6.45, 7) is 4.23. The first-order chi connectivity index (χ1) is 12.0. The first kappa shape index (κ1) is 16.8. The van der Waals surface area contributed by atoms with Gasteiger partial charge in [0.2, 0.25) is 5.91 Å². The number of hydrogen-bond donors (Lipinski definition) is 1. The Morgan fingerprint density at radius 3 is 2.76 bits per heavy atom. The molecule has 1 aromatic heterocycles. The molecule has 1 saturated heterocycles. The van der Waals surface area contributed by atoms with E-state index in [1.807, 2.05) is 0 Å². The number of carbonyl (C=O) groups is 2. The predicted molar refractivity (Wildman–Crippen MR) is 90.9 cm³/mol. The summed E-state index contributed by atoms with van der Waals surface area (Å²) in [6, 6.07) is 6.79. The topological polar surface area (TPSA) is 89.3 Å². The number of aromatic nitrogens is 3. The fourth-order valence-corrected chi connectivity index (χ4v) is 2.92. The minimum absolute atomic E-state index is 0.127. The second-order valence-corrected chi connectivity index (χ2v) is 5.88. The van der Waals surface area contributed by atoms with E-state index in [4.69, 9.17) is 4.74 Å². The van der Waals surface area contributed by atoms with Gasteiger partial charge in [0.25, 0.3) is 5.91 Å². The SMILES string of the molecule is C=CC(=O)Nc1cccc(C(=O)N2CC(OC)(c3cnnn3C)C2)c1. The molecule has 0 radical (unpaired) electrons. The minimum Gasteiger partial charge on any atom is -0.368 e. The standard InChI is InChI=1S/C17H19N5O3/c1-4-15(23)19-13-7-5-6-12(8-13)16(24)22-10-17(11-22,25-3)14-9-18-20-21(14)2/h4-9H,1,10-11H2,2-3H3,(H,19,23). The fraction of sp³-hybridized carbons (Fsp3) is 0.294. The summed E-state index contributed by atoms with van der Waals surface area (Å²) >= 11 is 0. The Balaban J connectivity index is 1.73. The van der Waals surface area contributed by atoms with Crippen LogP contribution >= 0.6 is 0 Å². The Hall–Kier alpha value is -3.00. The van der Waals surface area contributed by atoms with Crippen LogP contribution in [-0.2, 0) is 22.2 Å². The monoisotopic (exact) mass is 341 g/mol. The van der Waals surface area contributed by atoms with Gasteiger partial charge in [-0.15, -0.1) is 5.10 Å². The molecule has 3 rings (SSSR count). The lowest BCUT2D eigenvalue weighted by atomic mass is 9.89. The molecule has 1 aromatic carbocycles. The second-order valence-electron chi connectivity index (χ2n) is 5.88. The van der Waals surface area contributed by atoms with Gasteiger partial charge >= 0.3 is 0 Å². The Morgan fingerprint density at radius 2 is 2.16 bits per heavy atom. The van der Waals surface area contributed by atoms with Crippen molar-refractivity contribution < 1.29 is 14.3 Å². The van der Waals surface area contributed by atoms with Crippen LogP contribution in [0.2, 0.25) is 0 Å². The number of methoxy groups -OCH3 is 1. The van der Waals surface area contributed by atoms with Crippen LogP contribution < -0.4 is 5.32 Å². The van der Waals surface area contributed by atoms with Crippen molar-refractivity contribution in [1.29, 1.82) is 0 Å². The number of likely N-dealkylation sites (tertiary alicyclic amines) is 1. The highest BCUT2D eigenvalue weighted by Crippen LogP contribution is 2.35. The maximum atomic E-state index is 12.7. The molecule has 1 aliphatic heterocycles. The average molecular weight is 341 g/mol. The lowest BCUT2D eigenvalue weighted by molar-refractivity contribution is -0.119. The van der Waals surface area contributed by atoms with Crippen LogP contribution in [0.5, 0.6) is 0 Å². The molecule has 0 saturated carbocycles. The molecule has 0 spiro atoms. The Labute approximate surface area is 145 Å². The maximum absolute atomic E-state index is 12.7. The molecule has 1 fully saturated rings. The van der Waals surface area contributed by atoms with Gasteiger partial charge in [0, 0.05) is 25.4 Å². The third-order valence-corrected chi connectivity index (χ3v) is 4.31. The molecule has 130 valence electrons. The molecule has 25 heavy (non-hydrogen) atoms. The van der Waals surface area contributed by atoms with E-state index in [1.165, 1.54) is 6.08 Å².